The maximum atomic E-state index is 11.5. The highest BCUT2D eigenvalue weighted by Gasteiger charge is 2.26. The fraction of sp³-hybridized carbons (Fsp3) is 0.917. The van der Waals surface area contributed by atoms with E-state index in [2.05, 4.69) is 29.5 Å². The second-order valence-electron chi connectivity index (χ2n) is 4.99. The topological polar surface area (TPSA) is 44.4 Å². The van der Waals surface area contributed by atoms with E-state index in [1.165, 1.54) is 6.42 Å². The average Bonchev–Trinajstić information content (AvgIpc) is 2.28. The molecule has 94 valence electrons. The maximum absolute atomic E-state index is 11.5. The largest absolute Gasteiger partial charge is 0.359 e. The van der Waals surface area contributed by atoms with Gasteiger partial charge in [-0.25, -0.2) is 0 Å². The van der Waals surface area contributed by atoms with Gasteiger partial charge in [0.25, 0.3) is 0 Å². The number of hydrogen-bond acceptors (Lipinski definition) is 3. The first kappa shape index (κ1) is 13.5. The average molecular weight is 227 g/mol. The van der Waals surface area contributed by atoms with Gasteiger partial charge >= 0.3 is 0 Å². The highest BCUT2D eigenvalue weighted by molar-refractivity contribution is 5.78. The quantitative estimate of drug-likeness (QED) is 0.726. The van der Waals surface area contributed by atoms with Crippen molar-refractivity contribution in [3.05, 3.63) is 0 Å². The number of amides is 1. The molecular weight excluding hydrogens is 202 g/mol. The number of piperidine rings is 1. The second kappa shape index (κ2) is 6.21. The Bertz CT molecular complexity index is 232. The Kier molecular flexibility index (Phi) is 5.22. The first-order valence-corrected chi connectivity index (χ1v) is 6.18. The third-order valence-corrected chi connectivity index (χ3v) is 3.61. The minimum Gasteiger partial charge on any atom is -0.359 e. The highest BCUT2D eigenvalue weighted by atomic mass is 16.1. The molecule has 2 N–H and O–H groups in total. The Balaban J connectivity index is 2.44. The molecule has 0 aromatic carbocycles. The molecule has 0 aromatic heterocycles. The van der Waals surface area contributed by atoms with Crippen LogP contribution in [0.4, 0.5) is 0 Å². The van der Waals surface area contributed by atoms with Crippen molar-refractivity contribution in [2.45, 2.75) is 26.3 Å². The minimum absolute atomic E-state index is 0.0594. The number of nitrogens with zero attached hydrogens (tertiary/aromatic N) is 1. The Hall–Kier alpha value is -0.610. The van der Waals surface area contributed by atoms with Crippen molar-refractivity contribution >= 4 is 5.91 Å². The number of nitrogens with one attached hydrogen (secondary N) is 2. The van der Waals surface area contributed by atoms with Crippen LogP contribution >= 0.6 is 0 Å². The monoisotopic (exact) mass is 227 g/mol. The van der Waals surface area contributed by atoms with Crippen molar-refractivity contribution < 1.29 is 4.79 Å². The lowest BCUT2D eigenvalue weighted by Gasteiger charge is -2.37. The normalized spacial score (nSPS) is 27.8. The molecule has 1 fully saturated rings. The van der Waals surface area contributed by atoms with Crippen LogP contribution in [0.15, 0.2) is 0 Å². The summed E-state index contributed by atoms with van der Waals surface area (Å²) < 4.78 is 0. The lowest BCUT2D eigenvalue weighted by atomic mass is 9.93. The molecule has 3 unspecified atom stereocenters. The van der Waals surface area contributed by atoms with Gasteiger partial charge in [-0.2, -0.15) is 0 Å². The molecule has 0 radical (unpaired) electrons. The number of hydrogen-bond donors (Lipinski definition) is 2. The van der Waals surface area contributed by atoms with E-state index in [1.807, 2.05) is 6.92 Å². The molecule has 4 nitrogen and oxygen atoms in total. The van der Waals surface area contributed by atoms with E-state index in [1.54, 1.807) is 7.05 Å². The lowest BCUT2D eigenvalue weighted by Crippen LogP contribution is -2.50. The Morgan fingerprint density at radius 3 is 2.88 bits per heavy atom. The van der Waals surface area contributed by atoms with Gasteiger partial charge in [-0.3, -0.25) is 4.79 Å². The molecule has 1 aliphatic heterocycles. The van der Waals surface area contributed by atoms with Crippen molar-refractivity contribution in [3.8, 4) is 0 Å². The van der Waals surface area contributed by atoms with Gasteiger partial charge in [0.05, 0.1) is 0 Å². The SMILES string of the molecule is CNC(=O)C(C)CN(C)C1CNCCC1C. The summed E-state index contributed by atoms with van der Waals surface area (Å²) in [6, 6.07) is 0.556. The first-order valence-electron chi connectivity index (χ1n) is 6.18. The molecule has 16 heavy (non-hydrogen) atoms. The molecule has 1 heterocycles. The molecule has 0 bridgehead atoms. The molecule has 0 spiro atoms. The molecule has 0 aromatic rings. The lowest BCUT2D eigenvalue weighted by molar-refractivity contribution is -0.124. The standard InChI is InChI=1S/C12H25N3O/c1-9-5-6-14-7-11(9)15(4)8-10(2)12(16)13-3/h9-11,14H,5-8H2,1-4H3,(H,13,16). The highest BCUT2D eigenvalue weighted by Crippen LogP contribution is 2.17. The summed E-state index contributed by atoms with van der Waals surface area (Å²) in [6.45, 7) is 7.27. The number of likely N-dealkylation sites (N-methyl/N-ethyl adjacent to an activating group) is 1. The third-order valence-electron chi connectivity index (χ3n) is 3.61. The Morgan fingerprint density at radius 2 is 2.31 bits per heavy atom. The van der Waals surface area contributed by atoms with Crippen LogP contribution in [0.2, 0.25) is 0 Å². The minimum atomic E-state index is 0.0594. The van der Waals surface area contributed by atoms with Gasteiger partial charge in [0.1, 0.15) is 0 Å². The van der Waals surface area contributed by atoms with Gasteiger partial charge in [0.2, 0.25) is 5.91 Å². The van der Waals surface area contributed by atoms with Gasteiger partial charge in [-0.15, -0.1) is 0 Å². The van der Waals surface area contributed by atoms with Gasteiger partial charge < -0.3 is 15.5 Å². The molecule has 1 rings (SSSR count). The van der Waals surface area contributed by atoms with E-state index < -0.39 is 0 Å². The van der Waals surface area contributed by atoms with Crippen LogP contribution in [-0.2, 0) is 4.79 Å². The number of carbonyl (C=O) groups excluding carboxylic acids is 1. The van der Waals surface area contributed by atoms with Crippen LogP contribution in [-0.4, -0.2) is 50.6 Å². The van der Waals surface area contributed by atoms with Crippen LogP contribution in [0.1, 0.15) is 20.3 Å². The maximum Gasteiger partial charge on any atom is 0.223 e. The summed E-state index contributed by atoms with van der Waals surface area (Å²) in [5, 5.41) is 6.12. The van der Waals surface area contributed by atoms with Crippen molar-refractivity contribution in [3.63, 3.8) is 0 Å². The predicted octanol–water partition coefficient (Wildman–Crippen LogP) is 0.298. The molecule has 0 saturated carbocycles. The molecule has 1 saturated heterocycles. The summed E-state index contributed by atoms with van der Waals surface area (Å²) in [6.07, 6.45) is 1.23. The van der Waals surface area contributed by atoms with Crippen molar-refractivity contribution in [1.82, 2.24) is 15.5 Å². The molecule has 1 aliphatic rings. The Labute approximate surface area is 98.8 Å². The summed E-state index contributed by atoms with van der Waals surface area (Å²) in [7, 11) is 3.82. The second-order valence-corrected chi connectivity index (χ2v) is 4.99. The number of rotatable bonds is 4. The zero-order valence-corrected chi connectivity index (χ0v) is 10.9. The van der Waals surface area contributed by atoms with Crippen molar-refractivity contribution in [2.24, 2.45) is 11.8 Å². The fourth-order valence-electron chi connectivity index (χ4n) is 2.46. The van der Waals surface area contributed by atoms with E-state index in [0.717, 1.165) is 19.6 Å². The van der Waals surface area contributed by atoms with Crippen LogP contribution in [0.25, 0.3) is 0 Å². The van der Waals surface area contributed by atoms with Gasteiger partial charge in [0, 0.05) is 32.1 Å². The zero-order valence-electron chi connectivity index (χ0n) is 10.9. The van der Waals surface area contributed by atoms with Crippen LogP contribution in [0.5, 0.6) is 0 Å². The van der Waals surface area contributed by atoms with Crippen LogP contribution in [0.3, 0.4) is 0 Å². The van der Waals surface area contributed by atoms with Gasteiger partial charge in [0.15, 0.2) is 0 Å². The number of carbonyl (C=O) groups is 1. The fourth-order valence-corrected chi connectivity index (χ4v) is 2.46. The van der Waals surface area contributed by atoms with E-state index in [0.29, 0.717) is 12.0 Å². The smallest absolute Gasteiger partial charge is 0.223 e. The molecular formula is C12H25N3O. The van der Waals surface area contributed by atoms with E-state index in [-0.39, 0.29) is 11.8 Å². The summed E-state index contributed by atoms with van der Waals surface area (Å²) in [5.74, 6) is 0.899. The first-order chi connectivity index (χ1) is 7.56. The molecule has 3 atom stereocenters. The Morgan fingerprint density at radius 1 is 1.62 bits per heavy atom. The van der Waals surface area contributed by atoms with E-state index in [9.17, 15) is 4.79 Å². The van der Waals surface area contributed by atoms with E-state index >= 15 is 0 Å². The molecule has 0 aliphatic carbocycles. The third kappa shape index (κ3) is 3.46. The molecule has 1 amide bonds. The molecule has 4 heteroatoms. The van der Waals surface area contributed by atoms with E-state index in [4.69, 9.17) is 0 Å². The van der Waals surface area contributed by atoms with Gasteiger partial charge in [-0.05, 0) is 25.9 Å². The van der Waals surface area contributed by atoms with Crippen LogP contribution in [0, 0.1) is 11.8 Å². The predicted molar refractivity (Wildman–Crippen MR) is 66.3 cm³/mol. The van der Waals surface area contributed by atoms with Crippen LogP contribution < -0.4 is 10.6 Å². The van der Waals surface area contributed by atoms with Gasteiger partial charge in [-0.1, -0.05) is 13.8 Å². The zero-order chi connectivity index (χ0) is 12.1. The summed E-state index contributed by atoms with van der Waals surface area (Å²) >= 11 is 0. The summed E-state index contributed by atoms with van der Waals surface area (Å²) in [4.78, 5) is 13.8. The van der Waals surface area contributed by atoms with Crippen molar-refractivity contribution in [2.75, 3.05) is 33.7 Å². The van der Waals surface area contributed by atoms with Crippen molar-refractivity contribution in [1.29, 1.82) is 0 Å². The summed E-state index contributed by atoms with van der Waals surface area (Å²) in [5.41, 5.74) is 0.